The van der Waals surface area contributed by atoms with Gasteiger partial charge in [0, 0.05) is 13.0 Å². The maximum Gasteiger partial charge on any atom is 0.509 e. The molecule has 0 aromatic carbocycles. The average molecular weight is 439 g/mol. The molecule has 31 heavy (non-hydrogen) atoms. The van der Waals surface area contributed by atoms with Crippen LogP contribution in [0.1, 0.15) is 92.4 Å². The Morgan fingerprint density at radius 1 is 1.10 bits per heavy atom. The van der Waals surface area contributed by atoms with Gasteiger partial charge in [-0.25, -0.2) is 4.79 Å². The predicted molar refractivity (Wildman–Crippen MR) is 115 cm³/mol. The second-order valence-electron chi connectivity index (χ2n) is 9.58. The van der Waals surface area contributed by atoms with Gasteiger partial charge in [0.25, 0.3) is 5.91 Å². The second-order valence-corrected chi connectivity index (χ2v) is 9.58. The Labute approximate surface area is 185 Å². The molecule has 2 aliphatic rings. The number of unbranched alkanes of at least 4 members (excludes halogenated alkanes) is 4. The molecule has 1 unspecified atom stereocenters. The van der Waals surface area contributed by atoms with Crippen molar-refractivity contribution < 1.29 is 28.7 Å². The third kappa shape index (κ3) is 6.94. The Morgan fingerprint density at radius 2 is 1.77 bits per heavy atom. The van der Waals surface area contributed by atoms with Gasteiger partial charge in [0.1, 0.15) is 17.7 Å². The molecular formula is C23H38N2O6. The minimum atomic E-state index is -0.854. The topological polar surface area (TPSA) is 93.2 Å². The molecule has 2 saturated heterocycles. The molecular weight excluding hydrogens is 400 g/mol. The van der Waals surface area contributed by atoms with E-state index in [1.165, 1.54) is 11.3 Å². The first-order chi connectivity index (χ1) is 14.5. The summed E-state index contributed by atoms with van der Waals surface area (Å²) >= 11 is 0. The SMILES string of the molecule is CCCCCCCC(=O)N1CCC[C@H]1C(=O)N1C(=O)CC(OC(=O)OC(C)(C)C)[C@@H]1C. The fourth-order valence-corrected chi connectivity index (χ4v) is 4.20. The summed E-state index contributed by atoms with van der Waals surface area (Å²) in [4.78, 5) is 53.3. The summed E-state index contributed by atoms with van der Waals surface area (Å²) in [5, 5.41) is 0. The molecule has 0 spiro atoms. The Balaban J connectivity index is 1.95. The first-order valence-electron chi connectivity index (χ1n) is 11.6. The van der Waals surface area contributed by atoms with Crippen molar-refractivity contribution in [2.24, 2.45) is 0 Å². The first-order valence-corrected chi connectivity index (χ1v) is 11.6. The van der Waals surface area contributed by atoms with Gasteiger partial charge in [0.05, 0.1) is 12.5 Å². The summed E-state index contributed by atoms with van der Waals surface area (Å²) in [7, 11) is 0. The van der Waals surface area contributed by atoms with Crippen LogP contribution in [0.5, 0.6) is 0 Å². The van der Waals surface area contributed by atoms with Crippen molar-refractivity contribution in [2.45, 2.75) is 116 Å². The van der Waals surface area contributed by atoms with Gasteiger partial charge >= 0.3 is 6.16 Å². The third-order valence-corrected chi connectivity index (χ3v) is 5.82. The molecule has 0 aromatic rings. The Bertz CT molecular complexity index is 671. The van der Waals surface area contributed by atoms with E-state index in [-0.39, 0.29) is 24.1 Å². The van der Waals surface area contributed by atoms with Crippen LogP contribution < -0.4 is 0 Å². The molecule has 0 saturated carbocycles. The number of imide groups is 1. The molecule has 0 radical (unpaired) electrons. The third-order valence-electron chi connectivity index (χ3n) is 5.82. The molecule has 2 aliphatic heterocycles. The van der Waals surface area contributed by atoms with Crippen molar-refractivity contribution in [3.05, 3.63) is 0 Å². The maximum absolute atomic E-state index is 13.2. The van der Waals surface area contributed by atoms with Crippen LogP contribution in [0, 0.1) is 0 Å². The van der Waals surface area contributed by atoms with Crippen LogP contribution in [0.3, 0.4) is 0 Å². The van der Waals surface area contributed by atoms with Gasteiger partial charge in [0.2, 0.25) is 11.8 Å². The number of nitrogens with zero attached hydrogens (tertiary/aromatic N) is 2. The van der Waals surface area contributed by atoms with Crippen molar-refractivity contribution in [1.82, 2.24) is 9.80 Å². The van der Waals surface area contributed by atoms with E-state index in [0.29, 0.717) is 19.4 Å². The van der Waals surface area contributed by atoms with Gasteiger partial charge in [-0.1, -0.05) is 32.6 Å². The van der Waals surface area contributed by atoms with E-state index in [2.05, 4.69) is 6.92 Å². The standard InChI is InChI=1S/C23H38N2O6/c1-6-7-8-9-10-13-19(26)24-14-11-12-17(24)21(28)25-16(2)18(15-20(25)27)30-22(29)31-23(3,4)5/h16-18H,6-15H2,1-5H3/t16-,17-,18?/m0/s1. The van der Waals surface area contributed by atoms with Crippen molar-refractivity contribution in [3.63, 3.8) is 0 Å². The number of ether oxygens (including phenoxy) is 2. The van der Waals surface area contributed by atoms with Crippen LogP contribution in [-0.2, 0) is 23.9 Å². The van der Waals surface area contributed by atoms with E-state index in [9.17, 15) is 19.2 Å². The molecule has 2 rings (SSSR count). The molecule has 2 heterocycles. The molecule has 3 atom stereocenters. The second kappa shape index (κ2) is 11.0. The van der Waals surface area contributed by atoms with Crippen LogP contribution in [0.2, 0.25) is 0 Å². The number of carbonyl (C=O) groups excluding carboxylic acids is 4. The van der Waals surface area contributed by atoms with Gasteiger partial charge in [-0.2, -0.15) is 0 Å². The number of carbonyl (C=O) groups is 4. The lowest BCUT2D eigenvalue weighted by Crippen LogP contribution is -2.51. The summed E-state index contributed by atoms with van der Waals surface area (Å²) < 4.78 is 10.5. The first kappa shape index (κ1) is 25.1. The highest BCUT2D eigenvalue weighted by Gasteiger charge is 2.47. The average Bonchev–Trinajstić information content (AvgIpc) is 3.25. The smallest absolute Gasteiger partial charge is 0.429 e. The van der Waals surface area contributed by atoms with Crippen LogP contribution >= 0.6 is 0 Å². The molecule has 8 heteroatoms. The molecule has 0 N–H and O–H groups in total. The van der Waals surface area contributed by atoms with E-state index in [4.69, 9.17) is 9.47 Å². The maximum atomic E-state index is 13.2. The number of likely N-dealkylation sites (tertiary alicyclic amines) is 2. The van der Waals surface area contributed by atoms with Crippen molar-refractivity contribution >= 4 is 23.9 Å². The van der Waals surface area contributed by atoms with Gasteiger partial charge in [-0.15, -0.1) is 0 Å². The Kier molecular flexibility index (Phi) is 8.89. The summed E-state index contributed by atoms with van der Waals surface area (Å²) in [5.41, 5.74) is -0.709. The predicted octanol–water partition coefficient (Wildman–Crippen LogP) is 3.81. The molecule has 8 nitrogen and oxygen atoms in total. The lowest BCUT2D eigenvalue weighted by molar-refractivity contribution is -0.150. The monoisotopic (exact) mass is 438 g/mol. The lowest BCUT2D eigenvalue weighted by Gasteiger charge is -2.30. The highest BCUT2D eigenvalue weighted by Crippen LogP contribution is 2.28. The van der Waals surface area contributed by atoms with Crippen LogP contribution in [0.4, 0.5) is 4.79 Å². The minimum Gasteiger partial charge on any atom is -0.429 e. The van der Waals surface area contributed by atoms with Crippen LogP contribution in [-0.4, -0.2) is 64.0 Å². The number of hydrogen-bond donors (Lipinski definition) is 0. The quantitative estimate of drug-likeness (QED) is 0.325. The van der Waals surface area contributed by atoms with Crippen molar-refractivity contribution in [2.75, 3.05) is 6.54 Å². The van der Waals surface area contributed by atoms with Gasteiger partial charge in [-0.3, -0.25) is 19.3 Å². The summed E-state index contributed by atoms with van der Waals surface area (Å²) in [6, 6.07) is -1.21. The molecule has 176 valence electrons. The van der Waals surface area contributed by atoms with Crippen molar-refractivity contribution in [1.29, 1.82) is 0 Å². The zero-order valence-corrected chi connectivity index (χ0v) is 19.6. The molecule has 0 aromatic heterocycles. The molecule has 2 fully saturated rings. The van der Waals surface area contributed by atoms with E-state index < -0.39 is 29.9 Å². The lowest BCUT2D eigenvalue weighted by atomic mass is 10.1. The molecule has 0 aliphatic carbocycles. The number of amides is 3. The van der Waals surface area contributed by atoms with Gasteiger partial charge in [-0.05, 0) is 47.0 Å². The van der Waals surface area contributed by atoms with Crippen LogP contribution in [0.15, 0.2) is 0 Å². The summed E-state index contributed by atoms with van der Waals surface area (Å²) in [5.74, 6) is -0.775. The highest BCUT2D eigenvalue weighted by atomic mass is 16.7. The highest BCUT2D eigenvalue weighted by molar-refractivity contribution is 6.01. The van der Waals surface area contributed by atoms with Crippen LogP contribution in [0.25, 0.3) is 0 Å². The van der Waals surface area contributed by atoms with Gasteiger partial charge in [0.15, 0.2) is 0 Å². The summed E-state index contributed by atoms with van der Waals surface area (Å²) in [6.45, 7) is 9.55. The minimum absolute atomic E-state index is 0.0202. The fourth-order valence-electron chi connectivity index (χ4n) is 4.20. The van der Waals surface area contributed by atoms with E-state index in [1.807, 2.05) is 0 Å². The van der Waals surface area contributed by atoms with E-state index in [1.54, 1.807) is 32.6 Å². The zero-order chi connectivity index (χ0) is 23.2. The van der Waals surface area contributed by atoms with E-state index in [0.717, 1.165) is 32.1 Å². The van der Waals surface area contributed by atoms with E-state index >= 15 is 0 Å². The molecule has 3 amide bonds. The largest absolute Gasteiger partial charge is 0.509 e. The fraction of sp³-hybridized carbons (Fsp3) is 0.826. The Hall–Kier alpha value is -2.12. The normalized spacial score (nSPS) is 23.9. The summed E-state index contributed by atoms with van der Waals surface area (Å²) in [6.07, 6.45) is 5.32. The number of hydrogen-bond acceptors (Lipinski definition) is 6. The van der Waals surface area contributed by atoms with Gasteiger partial charge < -0.3 is 14.4 Å². The molecule has 0 bridgehead atoms. The Morgan fingerprint density at radius 3 is 2.42 bits per heavy atom. The number of rotatable bonds is 8. The van der Waals surface area contributed by atoms with Crippen molar-refractivity contribution in [3.8, 4) is 0 Å². The zero-order valence-electron chi connectivity index (χ0n) is 19.6.